The summed E-state index contributed by atoms with van der Waals surface area (Å²) in [5, 5.41) is 0. The molecule has 0 saturated heterocycles. The predicted molar refractivity (Wildman–Crippen MR) is 52.7 cm³/mol. The minimum absolute atomic E-state index is 0.631. The largest absolute Gasteiger partial charge is 0.361 e. The number of nitrogens with zero attached hydrogens (tertiary/aromatic N) is 2. The lowest BCUT2D eigenvalue weighted by Gasteiger charge is -2.07. The second-order valence-corrected chi connectivity index (χ2v) is 3.30. The van der Waals surface area contributed by atoms with Gasteiger partial charge in [0.05, 0.1) is 5.69 Å². The highest BCUT2D eigenvalue weighted by Gasteiger charge is 2.05. The topological polar surface area (TPSA) is 27.1 Å². The van der Waals surface area contributed by atoms with Crippen molar-refractivity contribution >= 4 is 0 Å². The smallest absolute Gasteiger partial charge is 0.124 e. The van der Waals surface area contributed by atoms with Crippen LogP contribution in [-0.2, 0) is 11.5 Å². The Kier molecular flexibility index (Phi) is 3.48. The van der Waals surface area contributed by atoms with Gasteiger partial charge >= 0.3 is 0 Å². The Morgan fingerprint density at radius 2 is 2.00 bits per heavy atom. The Balaban J connectivity index is 2.64. The maximum absolute atomic E-state index is 5.47. The third-order valence-electron chi connectivity index (χ3n) is 2.22. The van der Waals surface area contributed by atoms with Crippen LogP contribution < -0.4 is 0 Å². The first-order valence-electron chi connectivity index (χ1n) is 4.75. The molecule has 0 radical (unpaired) electrons. The molecular weight excluding hydrogens is 164 g/mol. The summed E-state index contributed by atoms with van der Waals surface area (Å²) in [7, 11) is 0. The molecule has 0 saturated carbocycles. The van der Waals surface area contributed by atoms with E-state index in [1.54, 1.807) is 0 Å². The summed E-state index contributed by atoms with van der Waals surface area (Å²) in [5.41, 5.74) is 2.30. The van der Waals surface area contributed by atoms with Gasteiger partial charge in [-0.3, -0.25) is 0 Å². The standard InChI is InChI=1S/C10H18N2O/c1-5-6-13-7-12-9(3)8(2)11-10(12)4/h5-7H2,1-4H3. The van der Waals surface area contributed by atoms with Crippen LogP contribution in [0.15, 0.2) is 0 Å². The molecule has 3 heteroatoms. The van der Waals surface area contributed by atoms with Gasteiger partial charge in [0.15, 0.2) is 0 Å². The molecule has 0 amide bonds. The van der Waals surface area contributed by atoms with Crippen molar-refractivity contribution < 1.29 is 4.74 Å². The molecule has 1 aromatic rings. The molecule has 1 aromatic heterocycles. The van der Waals surface area contributed by atoms with Crippen LogP contribution in [0.4, 0.5) is 0 Å². The van der Waals surface area contributed by atoms with Gasteiger partial charge in [0.2, 0.25) is 0 Å². The highest BCUT2D eigenvalue weighted by molar-refractivity contribution is 5.12. The van der Waals surface area contributed by atoms with Crippen molar-refractivity contribution in [3.63, 3.8) is 0 Å². The Bertz CT molecular complexity index is 279. The van der Waals surface area contributed by atoms with Gasteiger partial charge < -0.3 is 9.30 Å². The van der Waals surface area contributed by atoms with E-state index in [4.69, 9.17) is 4.74 Å². The number of hydrogen-bond acceptors (Lipinski definition) is 2. The van der Waals surface area contributed by atoms with E-state index < -0.39 is 0 Å². The average molecular weight is 182 g/mol. The summed E-state index contributed by atoms with van der Waals surface area (Å²) in [6.07, 6.45) is 1.06. The van der Waals surface area contributed by atoms with Gasteiger partial charge in [0.25, 0.3) is 0 Å². The Morgan fingerprint density at radius 3 is 2.46 bits per heavy atom. The van der Waals surface area contributed by atoms with Crippen molar-refractivity contribution in [2.24, 2.45) is 0 Å². The molecule has 3 nitrogen and oxygen atoms in total. The first-order chi connectivity index (χ1) is 6.16. The number of aryl methyl sites for hydroxylation is 2. The minimum atomic E-state index is 0.631. The Hall–Kier alpha value is -0.830. The van der Waals surface area contributed by atoms with Crippen molar-refractivity contribution in [1.29, 1.82) is 0 Å². The van der Waals surface area contributed by atoms with Crippen LogP contribution in [0.2, 0.25) is 0 Å². The number of rotatable bonds is 4. The van der Waals surface area contributed by atoms with Crippen LogP contribution in [0, 0.1) is 20.8 Å². The zero-order valence-corrected chi connectivity index (χ0v) is 8.92. The van der Waals surface area contributed by atoms with Gasteiger partial charge in [-0.05, 0) is 27.2 Å². The highest BCUT2D eigenvalue weighted by atomic mass is 16.5. The van der Waals surface area contributed by atoms with E-state index in [1.807, 2.05) is 13.8 Å². The Labute approximate surface area is 79.7 Å². The molecule has 1 heterocycles. The molecule has 1 rings (SSSR count). The summed E-state index contributed by atoms with van der Waals surface area (Å²) in [6.45, 7) is 9.67. The number of hydrogen-bond donors (Lipinski definition) is 0. The first kappa shape index (κ1) is 10.3. The molecule has 0 atom stereocenters. The van der Waals surface area contributed by atoms with Crippen LogP contribution >= 0.6 is 0 Å². The molecule has 0 fully saturated rings. The fourth-order valence-corrected chi connectivity index (χ4v) is 1.31. The molecule has 0 unspecified atom stereocenters. The van der Waals surface area contributed by atoms with E-state index in [2.05, 4.69) is 23.4 Å². The molecule has 0 spiro atoms. The van der Waals surface area contributed by atoms with E-state index in [9.17, 15) is 0 Å². The van der Waals surface area contributed by atoms with Gasteiger partial charge in [-0.2, -0.15) is 0 Å². The summed E-state index contributed by atoms with van der Waals surface area (Å²) < 4.78 is 7.57. The zero-order chi connectivity index (χ0) is 9.84. The summed E-state index contributed by atoms with van der Waals surface area (Å²) in [6, 6.07) is 0. The average Bonchev–Trinajstić information content (AvgIpc) is 2.32. The quantitative estimate of drug-likeness (QED) is 0.667. The number of ether oxygens (including phenoxy) is 1. The molecule has 0 aliphatic rings. The lowest BCUT2D eigenvalue weighted by Crippen LogP contribution is -2.06. The summed E-state index contributed by atoms with van der Waals surface area (Å²) in [5.74, 6) is 1.03. The lowest BCUT2D eigenvalue weighted by atomic mass is 10.4. The molecule has 0 aromatic carbocycles. The monoisotopic (exact) mass is 182 g/mol. The van der Waals surface area contributed by atoms with Crippen molar-refractivity contribution in [2.45, 2.75) is 40.8 Å². The fourth-order valence-electron chi connectivity index (χ4n) is 1.31. The maximum Gasteiger partial charge on any atom is 0.124 e. The van der Waals surface area contributed by atoms with Gasteiger partial charge in [0.1, 0.15) is 12.6 Å². The van der Waals surface area contributed by atoms with Crippen molar-refractivity contribution in [1.82, 2.24) is 9.55 Å². The molecule has 13 heavy (non-hydrogen) atoms. The third-order valence-corrected chi connectivity index (χ3v) is 2.22. The SMILES string of the molecule is CCCOCn1c(C)nc(C)c1C. The number of imidazole rings is 1. The lowest BCUT2D eigenvalue weighted by molar-refractivity contribution is 0.0749. The van der Waals surface area contributed by atoms with Crippen LogP contribution in [0.3, 0.4) is 0 Å². The molecule has 74 valence electrons. The van der Waals surface area contributed by atoms with Crippen LogP contribution in [-0.4, -0.2) is 16.2 Å². The van der Waals surface area contributed by atoms with E-state index in [-0.39, 0.29) is 0 Å². The van der Waals surface area contributed by atoms with Gasteiger partial charge in [-0.1, -0.05) is 6.92 Å². The first-order valence-corrected chi connectivity index (χ1v) is 4.75. The summed E-state index contributed by atoms with van der Waals surface area (Å²) >= 11 is 0. The van der Waals surface area contributed by atoms with Crippen molar-refractivity contribution in [3.05, 3.63) is 17.2 Å². The van der Waals surface area contributed by atoms with Gasteiger partial charge in [-0.25, -0.2) is 4.98 Å². The van der Waals surface area contributed by atoms with Crippen LogP contribution in [0.5, 0.6) is 0 Å². The molecule has 0 N–H and O–H groups in total. The van der Waals surface area contributed by atoms with E-state index in [1.165, 1.54) is 5.69 Å². The Morgan fingerprint density at radius 1 is 1.31 bits per heavy atom. The second kappa shape index (κ2) is 4.42. The summed E-state index contributed by atoms with van der Waals surface area (Å²) in [4.78, 5) is 4.37. The van der Waals surface area contributed by atoms with E-state index in [0.717, 1.165) is 24.5 Å². The maximum atomic E-state index is 5.47. The highest BCUT2D eigenvalue weighted by Crippen LogP contribution is 2.08. The molecule has 0 bridgehead atoms. The second-order valence-electron chi connectivity index (χ2n) is 3.30. The minimum Gasteiger partial charge on any atom is -0.361 e. The van der Waals surface area contributed by atoms with E-state index in [0.29, 0.717) is 6.73 Å². The molecular formula is C10H18N2O. The molecule has 0 aliphatic heterocycles. The zero-order valence-electron chi connectivity index (χ0n) is 8.92. The van der Waals surface area contributed by atoms with Crippen LogP contribution in [0.25, 0.3) is 0 Å². The normalized spacial score (nSPS) is 10.8. The fraction of sp³-hybridized carbons (Fsp3) is 0.700. The molecule has 0 aliphatic carbocycles. The van der Waals surface area contributed by atoms with Crippen molar-refractivity contribution in [3.8, 4) is 0 Å². The van der Waals surface area contributed by atoms with Crippen LogP contribution in [0.1, 0.15) is 30.6 Å². The number of aromatic nitrogens is 2. The van der Waals surface area contributed by atoms with E-state index >= 15 is 0 Å². The van der Waals surface area contributed by atoms with Gasteiger partial charge in [-0.15, -0.1) is 0 Å². The third kappa shape index (κ3) is 2.31. The van der Waals surface area contributed by atoms with Crippen molar-refractivity contribution in [2.75, 3.05) is 6.61 Å². The van der Waals surface area contributed by atoms with Gasteiger partial charge in [0, 0.05) is 12.3 Å². The predicted octanol–water partition coefficient (Wildman–Crippen LogP) is 2.19.